The van der Waals surface area contributed by atoms with Gasteiger partial charge in [0.1, 0.15) is 0 Å². The van der Waals surface area contributed by atoms with Crippen LogP contribution in [0, 0.1) is 6.92 Å². The van der Waals surface area contributed by atoms with Crippen LogP contribution in [0.1, 0.15) is 28.7 Å². The van der Waals surface area contributed by atoms with E-state index in [1.54, 1.807) is 0 Å². The molecule has 2 aromatic rings. The number of benzene rings is 1. The third-order valence-corrected chi connectivity index (χ3v) is 5.50. The van der Waals surface area contributed by atoms with Gasteiger partial charge in [-0.2, -0.15) is 0 Å². The molecule has 1 fully saturated rings. The molecule has 1 aromatic heterocycles. The van der Waals surface area contributed by atoms with Gasteiger partial charge in [0, 0.05) is 27.6 Å². The van der Waals surface area contributed by atoms with Crippen molar-refractivity contribution in [2.75, 3.05) is 0 Å². The molecule has 0 radical (unpaired) electrons. The van der Waals surface area contributed by atoms with E-state index in [1.807, 2.05) is 17.4 Å². The van der Waals surface area contributed by atoms with Gasteiger partial charge in [0.2, 0.25) is 5.91 Å². The highest BCUT2D eigenvalue weighted by molar-refractivity contribution is 7.12. The van der Waals surface area contributed by atoms with E-state index < -0.39 is 0 Å². The first kappa shape index (κ1) is 13.4. The van der Waals surface area contributed by atoms with Crippen molar-refractivity contribution in [3.63, 3.8) is 0 Å². The van der Waals surface area contributed by atoms with Crippen molar-refractivity contribution in [1.82, 2.24) is 5.32 Å². The third-order valence-electron chi connectivity index (χ3n) is 4.22. The topological polar surface area (TPSA) is 29.1 Å². The molecule has 104 valence electrons. The zero-order chi connectivity index (χ0) is 14.2. The molecule has 1 aromatic carbocycles. The Bertz CT molecular complexity index is 619. The van der Waals surface area contributed by atoms with Gasteiger partial charge >= 0.3 is 0 Å². The maximum Gasteiger partial charge on any atom is 0.221 e. The Balaban J connectivity index is 1.90. The molecular weight excluding hydrogens is 266 g/mol. The number of thiophene rings is 1. The number of carbonyl (C=O) groups is 1. The molecule has 3 heteroatoms. The summed E-state index contributed by atoms with van der Waals surface area (Å²) in [5.41, 5.74) is 1.19. The van der Waals surface area contributed by atoms with Gasteiger partial charge < -0.3 is 5.32 Å². The van der Waals surface area contributed by atoms with Crippen molar-refractivity contribution in [3.05, 3.63) is 57.8 Å². The van der Waals surface area contributed by atoms with Gasteiger partial charge in [-0.1, -0.05) is 37.3 Å². The molecule has 1 N–H and O–H groups in total. The van der Waals surface area contributed by atoms with E-state index >= 15 is 0 Å². The minimum Gasteiger partial charge on any atom is -0.352 e. The molecule has 1 amide bonds. The highest BCUT2D eigenvalue weighted by atomic mass is 32.1. The van der Waals surface area contributed by atoms with E-state index in [0.717, 1.165) is 6.42 Å². The van der Waals surface area contributed by atoms with E-state index in [0.29, 0.717) is 6.42 Å². The molecule has 2 unspecified atom stereocenters. The van der Waals surface area contributed by atoms with Crippen LogP contribution in [0.3, 0.4) is 0 Å². The molecule has 0 aliphatic carbocycles. The molecule has 0 spiro atoms. The first-order valence-electron chi connectivity index (χ1n) is 6.98. The highest BCUT2D eigenvalue weighted by Crippen LogP contribution is 2.40. The summed E-state index contributed by atoms with van der Waals surface area (Å²) in [7, 11) is 0. The Morgan fingerprint density at radius 1 is 1.25 bits per heavy atom. The van der Waals surface area contributed by atoms with Crippen LogP contribution in [0.25, 0.3) is 0 Å². The van der Waals surface area contributed by atoms with Crippen molar-refractivity contribution in [1.29, 1.82) is 0 Å². The number of hydrogen-bond donors (Lipinski definition) is 1. The number of rotatable bonds is 3. The minimum absolute atomic E-state index is 0.0914. The second kappa shape index (κ2) is 5.06. The van der Waals surface area contributed by atoms with Crippen molar-refractivity contribution >= 4 is 17.2 Å². The molecule has 20 heavy (non-hydrogen) atoms. The lowest BCUT2D eigenvalue weighted by atomic mass is 9.78. The normalized spacial score (nSPS) is 25.7. The van der Waals surface area contributed by atoms with Crippen molar-refractivity contribution in [3.8, 4) is 0 Å². The fourth-order valence-electron chi connectivity index (χ4n) is 2.99. The Morgan fingerprint density at radius 3 is 2.65 bits per heavy atom. The van der Waals surface area contributed by atoms with Crippen molar-refractivity contribution in [2.24, 2.45) is 0 Å². The molecule has 1 aliphatic rings. The maximum absolute atomic E-state index is 11.9. The average Bonchev–Trinajstić information content (AvgIpc) is 2.97. The van der Waals surface area contributed by atoms with Crippen molar-refractivity contribution in [2.45, 2.75) is 38.1 Å². The van der Waals surface area contributed by atoms with Crippen LogP contribution >= 0.6 is 11.3 Å². The van der Waals surface area contributed by atoms with Gasteiger partial charge in [-0.05, 0) is 31.0 Å². The second-order valence-electron chi connectivity index (χ2n) is 5.81. The van der Waals surface area contributed by atoms with E-state index in [9.17, 15) is 4.79 Å². The van der Waals surface area contributed by atoms with Crippen LogP contribution in [0.2, 0.25) is 0 Å². The standard InChI is InChI=1S/C17H19NOS/c1-12-8-9-15(20-12)17(2)11-16(19)18-14(17)10-13-6-4-3-5-7-13/h3-9,14H,10-11H2,1-2H3,(H,18,19). The lowest BCUT2D eigenvalue weighted by Crippen LogP contribution is -2.39. The van der Waals surface area contributed by atoms with Gasteiger partial charge in [0.15, 0.2) is 0 Å². The Hall–Kier alpha value is -1.61. The first-order valence-corrected chi connectivity index (χ1v) is 7.80. The molecule has 0 bridgehead atoms. The number of aryl methyl sites for hydroxylation is 1. The zero-order valence-corrected chi connectivity index (χ0v) is 12.7. The fourth-order valence-corrected chi connectivity index (χ4v) is 4.05. The molecule has 2 nitrogen and oxygen atoms in total. The summed E-state index contributed by atoms with van der Waals surface area (Å²) in [4.78, 5) is 14.6. The number of amides is 1. The van der Waals surface area contributed by atoms with Crippen LogP contribution in [0.5, 0.6) is 0 Å². The zero-order valence-electron chi connectivity index (χ0n) is 11.8. The number of nitrogens with one attached hydrogen (secondary N) is 1. The van der Waals surface area contributed by atoms with Crippen LogP contribution in [0.4, 0.5) is 0 Å². The van der Waals surface area contributed by atoms with E-state index in [1.165, 1.54) is 15.3 Å². The van der Waals surface area contributed by atoms with Gasteiger partial charge in [-0.25, -0.2) is 0 Å². The van der Waals surface area contributed by atoms with Gasteiger partial charge in [-0.3, -0.25) is 4.79 Å². The summed E-state index contributed by atoms with van der Waals surface area (Å²) in [6.07, 6.45) is 1.48. The summed E-state index contributed by atoms with van der Waals surface area (Å²) in [6.45, 7) is 4.33. The molecule has 2 atom stereocenters. The molecular formula is C17H19NOS. The van der Waals surface area contributed by atoms with Crippen molar-refractivity contribution < 1.29 is 4.79 Å². The summed E-state index contributed by atoms with van der Waals surface area (Å²) < 4.78 is 0. The minimum atomic E-state index is -0.0914. The van der Waals surface area contributed by atoms with E-state index in [4.69, 9.17) is 0 Å². The maximum atomic E-state index is 11.9. The van der Waals surface area contributed by atoms with Crippen LogP contribution < -0.4 is 5.32 Å². The largest absolute Gasteiger partial charge is 0.352 e. The van der Waals surface area contributed by atoms with Gasteiger partial charge in [0.25, 0.3) is 0 Å². The fraction of sp³-hybridized carbons (Fsp3) is 0.353. The number of hydrogen-bond acceptors (Lipinski definition) is 2. The van der Waals surface area contributed by atoms with Crippen LogP contribution in [-0.2, 0) is 16.6 Å². The summed E-state index contributed by atoms with van der Waals surface area (Å²) >= 11 is 1.81. The first-order chi connectivity index (χ1) is 9.58. The Kier molecular flexibility index (Phi) is 3.38. The predicted octanol–water partition coefficient (Wildman–Crippen LogP) is 3.45. The summed E-state index contributed by atoms with van der Waals surface area (Å²) in [5.74, 6) is 0.166. The molecule has 1 aliphatic heterocycles. The molecule has 0 saturated carbocycles. The summed E-state index contributed by atoms with van der Waals surface area (Å²) in [6, 6.07) is 14.9. The smallest absolute Gasteiger partial charge is 0.221 e. The van der Waals surface area contributed by atoms with Crippen LogP contribution in [-0.4, -0.2) is 11.9 Å². The third kappa shape index (κ3) is 2.38. The lowest BCUT2D eigenvalue weighted by Gasteiger charge is -2.29. The molecule has 3 rings (SSSR count). The quantitative estimate of drug-likeness (QED) is 0.919. The van der Waals surface area contributed by atoms with E-state index in [-0.39, 0.29) is 17.4 Å². The van der Waals surface area contributed by atoms with E-state index in [2.05, 4.69) is 55.6 Å². The van der Waals surface area contributed by atoms with Gasteiger partial charge in [0.05, 0.1) is 0 Å². The number of carbonyl (C=O) groups excluding carboxylic acids is 1. The Labute approximate surface area is 123 Å². The molecule has 2 heterocycles. The predicted molar refractivity (Wildman–Crippen MR) is 83.1 cm³/mol. The van der Waals surface area contributed by atoms with Gasteiger partial charge in [-0.15, -0.1) is 11.3 Å². The highest BCUT2D eigenvalue weighted by Gasteiger charge is 2.45. The summed E-state index contributed by atoms with van der Waals surface area (Å²) in [5, 5.41) is 3.17. The Morgan fingerprint density at radius 2 is 2.00 bits per heavy atom. The molecule has 1 saturated heterocycles. The SMILES string of the molecule is Cc1ccc(C2(C)CC(=O)NC2Cc2ccccc2)s1. The lowest BCUT2D eigenvalue weighted by molar-refractivity contribution is -0.119. The van der Waals surface area contributed by atoms with Crippen LogP contribution in [0.15, 0.2) is 42.5 Å². The second-order valence-corrected chi connectivity index (χ2v) is 7.10. The monoisotopic (exact) mass is 285 g/mol. The average molecular weight is 285 g/mol.